The average Bonchev–Trinajstić information content (AvgIpc) is 2.85. The Morgan fingerprint density at radius 1 is 1.06 bits per heavy atom. The summed E-state index contributed by atoms with van der Waals surface area (Å²) >= 11 is 0. The van der Waals surface area contributed by atoms with Crippen LogP contribution in [0.2, 0.25) is 0 Å². The van der Waals surface area contributed by atoms with Crippen molar-refractivity contribution >= 4 is 17.8 Å². The molecule has 10 heteroatoms. The van der Waals surface area contributed by atoms with Gasteiger partial charge in [-0.15, -0.1) is 0 Å². The van der Waals surface area contributed by atoms with Crippen molar-refractivity contribution in [3.8, 4) is 11.5 Å². The number of hydrogen-bond acceptors (Lipinski definition) is 6. The second-order valence-electron chi connectivity index (χ2n) is 9.42. The van der Waals surface area contributed by atoms with E-state index in [0.717, 1.165) is 0 Å². The van der Waals surface area contributed by atoms with Crippen molar-refractivity contribution in [2.75, 3.05) is 51.3 Å². The number of aromatic nitrogens is 1. The molecule has 0 aliphatic carbocycles. The first-order chi connectivity index (χ1) is 16.7. The molecule has 0 unspecified atom stereocenters. The standard InChI is InChI=1S/C25H32FN5O4/c1-18(30-10-11-31(25(2,3)17-30)24(33)29-12-14-34-15-13-29)23(32)28-22-9-8-21(16-27-22)35-20-6-4-19(26)5-7-20/h4-9,16,18H,10-15,17H2,1-3H3,(H,27,28,32)/t18-/m0/s1. The van der Waals surface area contributed by atoms with Gasteiger partial charge in [-0.1, -0.05) is 0 Å². The molecule has 35 heavy (non-hydrogen) atoms. The predicted molar refractivity (Wildman–Crippen MR) is 129 cm³/mol. The van der Waals surface area contributed by atoms with Crippen LogP contribution in [0.3, 0.4) is 0 Å². The molecule has 0 spiro atoms. The first-order valence-corrected chi connectivity index (χ1v) is 11.8. The number of morpholine rings is 1. The Bertz CT molecular complexity index is 1030. The number of benzene rings is 1. The van der Waals surface area contributed by atoms with Crippen LogP contribution in [0.5, 0.6) is 11.5 Å². The summed E-state index contributed by atoms with van der Waals surface area (Å²) in [7, 11) is 0. The van der Waals surface area contributed by atoms with Crippen molar-refractivity contribution in [3.63, 3.8) is 0 Å². The SMILES string of the molecule is C[C@@H](C(=O)Nc1ccc(Oc2ccc(F)cc2)cn1)N1CCN(C(=O)N2CCOCC2)C(C)(C)C1. The predicted octanol–water partition coefficient (Wildman–Crippen LogP) is 3.19. The summed E-state index contributed by atoms with van der Waals surface area (Å²) in [6, 6.07) is 8.68. The van der Waals surface area contributed by atoms with Crippen LogP contribution in [0.25, 0.3) is 0 Å². The summed E-state index contributed by atoms with van der Waals surface area (Å²) in [5.41, 5.74) is -0.417. The second kappa shape index (κ2) is 10.6. The van der Waals surface area contributed by atoms with Gasteiger partial charge in [0.1, 0.15) is 23.1 Å². The van der Waals surface area contributed by atoms with Gasteiger partial charge in [-0.3, -0.25) is 9.69 Å². The smallest absolute Gasteiger partial charge is 0.320 e. The third kappa shape index (κ3) is 6.07. The molecule has 1 aromatic carbocycles. The maximum Gasteiger partial charge on any atom is 0.320 e. The van der Waals surface area contributed by atoms with Gasteiger partial charge in [0, 0.05) is 32.7 Å². The van der Waals surface area contributed by atoms with Crippen LogP contribution in [-0.4, -0.2) is 89.1 Å². The highest BCUT2D eigenvalue weighted by atomic mass is 19.1. The number of piperazine rings is 1. The van der Waals surface area contributed by atoms with Gasteiger partial charge in [0.15, 0.2) is 0 Å². The van der Waals surface area contributed by atoms with E-state index in [9.17, 15) is 14.0 Å². The topological polar surface area (TPSA) is 87.2 Å². The fourth-order valence-electron chi connectivity index (χ4n) is 4.35. The zero-order chi connectivity index (χ0) is 25.0. The van der Waals surface area contributed by atoms with E-state index in [-0.39, 0.29) is 17.8 Å². The molecule has 1 aromatic heterocycles. The van der Waals surface area contributed by atoms with Crippen molar-refractivity contribution in [1.82, 2.24) is 19.7 Å². The third-order valence-corrected chi connectivity index (χ3v) is 6.41. The van der Waals surface area contributed by atoms with E-state index in [1.807, 2.05) is 30.6 Å². The molecule has 2 aromatic rings. The molecular formula is C25H32FN5O4. The first kappa shape index (κ1) is 24.9. The quantitative estimate of drug-likeness (QED) is 0.700. The lowest BCUT2D eigenvalue weighted by Gasteiger charge is -2.49. The number of ether oxygens (including phenoxy) is 2. The molecule has 3 amide bonds. The van der Waals surface area contributed by atoms with Gasteiger partial charge >= 0.3 is 6.03 Å². The van der Waals surface area contributed by atoms with E-state index in [4.69, 9.17) is 9.47 Å². The zero-order valence-electron chi connectivity index (χ0n) is 20.4. The molecule has 2 aliphatic heterocycles. The number of nitrogens with zero attached hydrogens (tertiary/aromatic N) is 4. The minimum absolute atomic E-state index is 0.0298. The van der Waals surface area contributed by atoms with Gasteiger partial charge in [0.25, 0.3) is 0 Å². The maximum absolute atomic E-state index is 13.0. The van der Waals surface area contributed by atoms with E-state index in [2.05, 4.69) is 15.2 Å². The number of anilines is 1. The summed E-state index contributed by atoms with van der Waals surface area (Å²) in [4.78, 5) is 36.1. The van der Waals surface area contributed by atoms with Crippen molar-refractivity contribution in [3.05, 3.63) is 48.4 Å². The number of rotatable bonds is 5. The Labute approximate surface area is 204 Å². The Balaban J connectivity index is 1.31. The number of urea groups is 1. The van der Waals surface area contributed by atoms with Gasteiger partial charge in [-0.05, 0) is 57.2 Å². The molecule has 188 valence electrons. The van der Waals surface area contributed by atoms with Gasteiger partial charge in [0.05, 0.1) is 31.0 Å². The lowest BCUT2D eigenvalue weighted by Crippen LogP contribution is -2.66. The Morgan fingerprint density at radius 2 is 1.74 bits per heavy atom. The molecule has 0 saturated carbocycles. The Kier molecular flexibility index (Phi) is 7.51. The van der Waals surface area contributed by atoms with Crippen LogP contribution in [-0.2, 0) is 9.53 Å². The van der Waals surface area contributed by atoms with Gasteiger partial charge in [-0.25, -0.2) is 14.2 Å². The van der Waals surface area contributed by atoms with Crippen LogP contribution in [0.15, 0.2) is 42.6 Å². The normalized spacial score (nSPS) is 19.2. The fourth-order valence-corrected chi connectivity index (χ4v) is 4.35. The number of pyridine rings is 1. The molecule has 2 fully saturated rings. The third-order valence-electron chi connectivity index (χ3n) is 6.41. The lowest BCUT2D eigenvalue weighted by molar-refractivity contribution is -0.122. The second-order valence-corrected chi connectivity index (χ2v) is 9.42. The number of nitrogens with one attached hydrogen (secondary N) is 1. The van der Waals surface area contributed by atoms with E-state index in [0.29, 0.717) is 63.3 Å². The van der Waals surface area contributed by atoms with Crippen molar-refractivity contribution in [1.29, 1.82) is 0 Å². The molecule has 3 heterocycles. The summed E-state index contributed by atoms with van der Waals surface area (Å²) in [6.45, 7) is 10.00. The summed E-state index contributed by atoms with van der Waals surface area (Å²) < 4.78 is 24.0. The average molecular weight is 486 g/mol. The monoisotopic (exact) mass is 485 g/mol. The van der Waals surface area contributed by atoms with Crippen LogP contribution >= 0.6 is 0 Å². The summed E-state index contributed by atoms with van der Waals surface area (Å²) in [5, 5.41) is 2.85. The Hall–Kier alpha value is -3.24. The van der Waals surface area contributed by atoms with Crippen molar-refractivity contribution in [2.45, 2.75) is 32.4 Å². The summed E-state index contributed by atoms with van der Waals surface area (Å²) in [6.07, 6.45) is 1.50. The molecule has 1 N–H and O–H groups in total. The van der Waals surface area contributed by atoms with Crippen molar-refractivity contribution < 1.29 is 23.5 Å². The minimum Gasteiger partial charge on any atom is -0.456 e. The number of hydrogen-bond donors (Lipinski definition) is 1. The highest BCUT2D eigenvalue weighted by molar-refractivity contribution is 5.93. The molecule has 4 rings (SSSR count). The minimum atomic E-state index is -0.417. The number of amides is 3. The first-order valence-electron chi connectivity index (χ1n) is 11.8. The molecule has 2 saturated heterocycles. The van der Waals surface area contributed by atoms with E-state index in [1.165, 1.54) is 30.5 Å². The van der Waals surface area contributed by atoms with E-state index in [1.54, 1.807) is 12.1 Å². The number of halogens is 1. The van der Waals surface area contributed by atoms with Gasteiger partial charge in [0.2, 0.25) is 5.91 Å². The number of carbonyl (C=O) groups excluding carboxylic acids is 2. The molecule has 2 aliphatic rings. The van der Waals surface area contributed by atoms with Crippen LogP contribution in [0.4, 0.5) is 15.0 Å². The molecule has 9 nitrogen and oxygen atoms in total. The number of carbonyl (C=O) groups is 2. The van der Waals surface area contributed by atoms with Crippen molar-refractivity contribution in [2.24, 2.45) is 0 Å². The fraction of sp³-hybridized carbons (Fsp3) is 0.480. The zero-order valence-corrected chi connectivity index (χ0v) is 20.4. The maximum atomic E-state index is 13.0. The highest BCUT2D eigenvalue weighted by Crippen LogP contribution is 2.25. The largest absolute Gasteiger partial charge is 0.456 e. The van der Waals surface area contributed by atoms with Crippen LogP contribution in [0.1, 0.15) is 20.8 Å². The van der Waals surface area contributed by atoms with Gasteiger partial charge < -0.3 is 24.6 Å². The van der Waals surface area contributed by atoms with Crippen LogP contribution < -0.4 is 10.1 Å². The summed E-state index contributed by atoms with van der Waals surface area (Å²) in [5.74, 6) is 0.872. The molecule has 1 atom stereocenters. The molecule has 0 bridgehead atoms. The van der Waals surface area contributed by atoms with E-state index >= 15 is 0 Å². The Morgan fingerprint density at radius 3 is 2.37 bits per heavy atom. The van der Waals surface area contributed by atoms with Gasteiger partial charge in [-0.2, -0.15) is 0 Å². The van der Waals surface area contributed by atoms with Crippen LogP contribution in [0, 0.1) is 5.82 Å². The molecular weight excluding hydrogens is 453 g/mol. The lowest BCUT2D eigenvalue weighted by atomic mass is 9.97. The highest BCUT2D eigenvalue weighted by Gasteiger charge is 2.41. The van der Waals surface area contributed by atoms with E-state index < -0.39 is 11.6 Å². The molecule has 0 radical (unpaired) electrons.